The molecule has 1 aromatic carbocycles. The molecule has 4 nitrogen and oxygen atoms in total. The highest BCUT2D eigenvalue weighted by Gasteiger charge is 2.08. The van der Waals surface area contributed by atoms with Crippen LogP contribution in [0.3, 0.4) is 0 Å². The highest BCUT2D eigenvalue weighted by molar-refractivity contribution is 6.30. The average molecular weight is 266 g/mol. The van der Waals surface area contributed by atoms with Crippen molar-refractivity contribution in [3.05, 3.63) is 58.9 Å². The van der Waals surface area contributed by atoms with Gasteiger partial charge in [-0.25, -0.2) is 14.4 Å². The smallest absolute Gasteiger partial charge is 0.254 e. The van der Waals surface area contributed by atoms with Gasteiger partial charge in [-0.05, 0) is 18.2 Å². The Morgan fingerprint density at radius 1 is 1.33 bits per heavy atom. The standard InChI is InChI=1S/C12H9ClFN3O/c13-10-1-2-11(14)8(3-10)6-17-12(18)9-4-15-7-16-5-9/h1-5,7H,6H2,(H,17,18). The number of hydrogen-bond donors (Lipinski definition) is 1. The Labute approximate surface area is 108 Å². The summed E-state index contributed by atoms with van der Waals surface area (Å²) in [6.07, 6.45) is 4.10. The number of carbonyl (C=O) groups is 1. The lowest BCUT2D eigenvalue weighted by Crippen LogP contribution is -2.23. The minimum absolute atomic E-state index is 0.0557. The fraction of sp³-hybridized carbons (Fsp3) is 0.0833. The first-order valence-corrected chi connectivity index (χ1v) is 5.52. The summed E-state index contributed by atoms with van der Waals surface area (Å²) in [4.78, 5) is 19.1. The minimum atomic E-state index is -0.413. The molecule has 92 valence electrons. The molecule has 0 aliphatic carbocycles. The molecule has 1 amide bonds. The zero-order chi connectivity index (χ0) is 13.0. The third-order valence-electron chi connectivity index (χ3n) is 2.27. The van der Waals surface area contributed by atoms with Crippen LogP contribution in [0.25, 0.3) is 0 Å². The zero-order valence-corrected chi connectivity index (χ0v) is 9.99. The molecular formula is C12H9ClFN3O. The van der Waals surface area contributed by atoms with Crippen LogP contribution in [0.15, 0.2) is 36.9 Å². The van der Waals surface area contributed by atoms with Crippen molar-refractivity contribution in [2.24, 2.45) is 0 Å². The maximum Gasteiger partial charge on any atom is 0.254 e. The van der Waals surface area contributed by atoms with Crippen molar-refractivity contribution in [3.63, 3.8) is 0 Å². The summed E-state index contributed by atoms with van der Waals surface area (Å²) in [5.41, 5.74) is 0.646. The van der Waals surface area contributed by atoms with Gasteiger partial charge in [0, 0.05) is 29.5 Å². The summed E-state index contributed by atoms with van der Waals surface area (Å²) >= 11 is 5.75. The van der Waals surface area contributed by atoms with Crippen LogP contribution in [-0.4, -0.2) is 15.9 Å². The van der Waals surface area contributed by atoms with Crippen LogP contribution < -0.4 is 5.32 Å². The van der Waals surface area contributed by atoms with Crippen molar-refractivity contribution in [1.29, 1.82) is 0 Å². The zero-order valence-electron chi connectivity index (χ0n) is 9.23. The van der Waals surface area contributed by atoms with E-state index in [0.29, 0.717) is 16.1 Å². The lowest BCUT2D eigenvalue weighted by molar-refractivity contribution is 0.0950. The van der Waals surface area contributed by atoms with Gasteiger partial charge in [0.05, 0.1) is 5.56 Å². The summed E-state index contributed by atoms with van der Waals surface area (Å²) in [5.74, 6) is -0.779. The van der Waals surface area contributed by atoms with Gasteiger partial charge in [0.1, 0.15) is 12.1 Å². The second-order valence-electron chi connectivity index (χ2n) is 3.55. The number of rotatable bonds is 3. The van der Waals surface area contributed by atoms with E-state index >= 15 is 0 Å². The topological polar surface area (TPSA) is 54.9 Å². The van der Waals surface area contributed by atoms with Gasteiger partial charge >= 0.3 is 0 Å². The number of nitrogens with one attached hydrogen (secondary N) is 1. The molecule has 0 radical (unpaired) electrons. The number of carbonyl (C=O) groups excluding carboxylic acids is 1. The predicted molar refractivity (Wildman–Crippen MR) is 64.6 cm³/mol. The average Bonchev–Trinajstić information content (AvgIpc) is 2.40. The molecule has 0 spiro atoms. The Kier molecular flexibility index (Phi) is 3.84. The van der Waals surface area contributed by atoms with Crippen molar-refractivity contribution in [3.8, 4) is 0 Å². The summed E-state index contributed by atoms with van der Waals surface area (Å²) in [5, 5.41) is 2.99. The van der Waals surface area contributed by atoms with Crippen LogP contribution >= 0.6 is 11.6 Å². The molecular weight excluding hydrogens is 257 g/mol. The van der Waals surface area contributed by atoms with Crippen molar-refractivity contribution < 1.29 is 9.18 Å². The monoisotopic (exact) mass is 265 g/mol. The largest absolute Gasteiger partial charge is 0.348 e. The molecule has 0 bridgehead atoms. The first-order chi connectivity index (χ1) is 8.66. The number of hydrogen-bond acceptors (Lipinski definition) is 3. The number of benzene rings is 1. The molecule has 0 atom stereocenters. The SMILES string of the molecule is O=C(NCc1cc(Cl)ccc1F)c1cncnc1. The number of nitrogens with zero attached hydrogens (tertiary/aromatic N) is 2. The van der Waals surface area contributed by atoms with Crippen LogP contribution in [0, 0.1) is 5.82 Å². The highest BCUT2D eigenvalue weighted by atomic mass is 35.5. The van der Waals surface area contributed by atoms with Gasteiger partial charge in [0.25, 0.3) is 5.91 Å². The van der Waals surface area contributed by atoms with Gasteiger partial charge in [-0.1, -0.05) is 11.6 Å². The normalized spacial score (nSPS) is 10.1. The van der Waals surface area contributed by atoms with E-state index < -0.39 is 5.82 Å². The van der Waals surface area contributed by atoms with E-state index in [4.69, 9.17) is 11.6 Å². The Balaban J connectivity index is 2.04. The molecule has 0 unspecified atom stereocenters. The van der Waals surface area contributed by atoms with Crippen molar-refractivity contribution >= 4 is 17.5 Å². The lowest BCUT2D eigenvalue weighted by atomic mass is 10.2. The predicted octanol–water partition coefficient (Wildman–Crippen LogP) is 2.20. The lowest BCUT2D eigenvalue weighted by Gasteiger charge is -2.06. The molecule has 2 rings (SSSR count). The Morgan fingerprint density at radius 2 is 2.06 bits per heavy atom. The molecule has 0 fully saturated rings. The van der Waals surface area contributed by atoms with E-state index in [1.165, 1.54) is 36.9 Å². The molecule has 6 heteroatoms. The first-order valence-electron chi connectivity index (χ1n) is 5.14. The van der Waals surface area contributed by atoms with E-state index in [1.807, 2.05) is 0 Å². The summed E-state index contributed by atoms with van der Waals surface area (Å²) in [6.45, 7) is 0.0557. The Hall–Kier alpha value is -2.01. The third-order valence-corrected chi connectivity index (χ3v) is 2.51. The van der Waals surface area contributed by atoms with Gasteiger partial charge in [-0.15, -0.1) is 0 Å². The van der Waals surface area contributed by atoms with Crippen molar-refractivity contribution in [2.75, 3.05) is 0 Å². The number of amides is 1. The van der Waals surface area contributed by atoms with E-state index in [9.17, 15) is 9.18 Å². The van der Waals surface area contributed by atoms with Crippen LogP contribution in [0.1, 0.15) is 15.9 Å². The van der Waals surface area contributed by atoms with Gasteiger partial charge in [0.2, 0.25) is 0 Å². The van der Waals surface area contributed by atoms with E-state index in [-0.39, 0.29) is 12.5 Å². The molecule has 1 N–H and O–H groups in total. The van der Waals surface area contributed by atoms with Crippen molar-refractivity contribution in [2.45, 2.75) is 6.54 Å². The molecule has 0 saturated carbocycles. The summed E-state index contributed by atoms with van der Waals surface area (Å²) in [6, 6.07) is 4.18. The van der Waals surface area contributed by atoms with E-state index in [2.05, 4.69) is 15.3 Å². The van der Waals surface area contributed by atoms with E-state index in [0.717, 1.165) is 0 Å². The molecule has 0 aliphatic heterocycles. The maximum atomic E-state index is 13.4. The van der Waals surface area contributed by atoms with Gasteiger partial charge < -0.3 is 5.32 Å². The molecule has 0 saturated heterocycles. The van der Waals surface area contributed by atoms with Crippen molar-refractivity contribution in [1.82, 2.24) is 15.3 Å². The number of aromatic nitrogens is 2. The van der Waals surface area contributed by atoms with Gasteiger partial charge in [-0.2, -0.15) is 0 Å². The van der Waals surface area contributed by atoms with Crippen LogP contribution in [-0.2, 0) is 6.54 Å². The Bertz CT molecular complexity index is 563. The second kappa shape index (κ2) is 5.55. The first kappa shape index (κ1) is 12.4. The molecule has 1 aromatic heterocycles. The summed E-state index contributed by atoms with van der Waals surface area (Å²) in [7, 11) is 0. The molecule has 0 aliphatic rings. The second-order valence-corrected chi connectivity index (χ2v) is 3.98. The minimum Gasteiger partial charge on any atom is -0.348 e. The van der Waals surface area contributed by atoms with Gasteiger partial charge in [-0.3, -0.25) is 4.79 Å². The number of halogens is 2. The van der Waals surface area contributed by atoms with E-state index in [1.54, 1.807) is 0 Å². The Morgan fingerprint density at radius 3 is 2.78 bits per heavy atom. The quantitative estimate of drug-likeness (QED) is 0.926. The maximum absolute atomic E-state index is 13.4. The summed E-state index contributed by atoms with van der Waals surface area (Å²) < 4.78 is 13.4. The van der Waals surface area contributed by atoms with Crippen LogP contribution in [0.5, 0.6) is 0 Å². The fourth-order valence-corrected chi connectivity index (χ4v) is 1.57. The van der Waals surface area contributed by atoms with Gasteiger partial charge in [0.15, 0.2) is 0 Å². The molecule has 1 heterocycles. The molecule has 18 heavy (non-hydrogen) atoms. The fourth-order valence-electron chi connectivity index (χ4n) is 1.37. The molecule has 2 aromatic rings. The highest BCUT2D eigenvalue weighted by Crippen LogP contribution is 2.14. The van der Waals surface area contributed by atoms with Crippen LogP contribution in [0.4, 0.5) is 4.39 Å². The van der Waals surface area contributed by atoms with Crippen LogP contribution in [0.2, 0.25) is 5.02 Å². The third kappa shape index (κ3) is 3.01.